The van der Waals surface area contributed by atoms with E-state index >= 15 is 0 Å². The average molecular weight is 357 g/mol. The van der Waals surface area contributed by atoms with Crippen LogP contribution < -0.4 is 5.32 Å². The fourth-order valence-electron chi connectivity index (χ4n) is 2.64. The number of hydrogen-bond donors (Lipinski definition) is 2. The minimum atomic E-state index is -3.06. The summed E-state index contributed by atoms with van der Waals surface area (Å²) in [5.74, 6) is 0.262. The quantitative estimate of drug-likeness (QED) is 0.790. The number of thioether (sulfide) groups is 1. The highest BCUT2D eigenvalue weighted by atomic mass is 32.2. The zero-order valence-corrected chi connectivity index (χ0v) is 15.2. The lowest BCUT2D eigenvalue weighted by Crippen LogP contribution is -2.50. The van der Waals surface area contributed by atoms with Crippen molar-refractivity contribution in [1.29, 1.82) is 0 Å². The van der Waals surface area contributed by atoms with Gasteiger partial charge in [0.1, 0.15) is 5.75 Å². The highest BCUT2D eigenvalue weighted by Gasteiger charge is 2.40. The van der Waals surface area contributed by atoms with Crippen molar-refractivity contribution in [2.45, 2.75) is 42.9 Å². The van der Waals surface area contributed by atoms with Gasteiger partial charge < -0.3 is 10.4 Å². The third-order valence-corrected chi connectivity index (χ3v) is 7.35. The van der Waals surface area contributed by atoms with Crippen LogP contribution in [0.1, 0.15) is 27.2 Å². The van der Waals surface area contributed by atoms with Gasteiger partial charge in [-0.2, -0.15) is 0 Å². The first kappa shape index (κ1) is 18.1. The molecule has 5 nitrogen and oxygen atoms in total. The molecule has 1 fully saturated rings. The monoisotopic (exact) mass is 357 g/mol. The molecule has 0 bridgehead atoms. The molecule has 128 valence electrons. The third-order valence-electron chi connectivity index (χ3n) is 3.89. The maximum Gasteiger partial charge on any atom is 0.234 e. The average Bonchev–Trinajstić information content (AvgIpc) is 2.71. The second kappa shape index (κ2) is 6.73. The first-order chi connectivity index (χ1) is 10.6. The minimum Gasteiger partial charge on any atom is -0.508 e. The molecule has 2 rings (SSSR count). The Labute approximate surface area is 141 Å². The summed E-state index contributed by atoms with van der Waals surface area (Å²) in [5, 5.41) is 12.0. The summed E-state index contributed by atoms with van der Waals surface area (Å²) in [5.41, 5.74) is -0.682. The number of phenolic OH excluding ortho intramolecular Hbond substituents is 1. The van der Waals surface area contributed by atoms with Crippen molar-refractivity contribution < 1.29 is 18.3 Å². The van der Waals surface area contributed by atoms with Crippen molar-refractivity contribution in [2.24, 2.45) is 5.92 Å². The summed E-state index contributed by atoms with van der Waals surface area (Å²) in [4.78, 5) is 13.5. The number of rotatable bonds is 5. The number of hydrogen-bond acceptors (Lipinski definition) is 5. The van der Waals surface area contributed by atoms with E-state index in [1.54, 1.807) is 31.2 Å². The summed E-state index contributed by atoms with van der Waals surface area (Å²) in [6.07, 6.45) is 0.454. The Bertz CT molecular complexity index is 670. The van der Waals surface area contributed by atoms with Gasteiger partial charge in [-0.15, -0.1) is 11.8 Å². The van der Waals surface area contributed by atoms with E-state index in [2.05, 4.69) is 5.32 Å². The van der Waals surface area contributed by atoms with Crippen molar-refractivity contribution >= 4 is 27.5 Å². The Hall–Kier alpha value is -1.21. The predicted molar refractivity (Wildman–Crippen MR) is 92.4 cm³/mol. The van der Waals surface area contributed by atoms with E-state index in [4.69, 9.17) is 0 Å². The van der Waals surface area contributed by atoms with Crippen molar-refractivity contribution in [3.8, 4) is 5.75 Å². The van der Waals surface area contributed by atoms with Crippen LogP contribution in [0.5, 0.6) is 5.75 Å². The second-order valence-electron chi connectivity index (χ2n) is 6.67. The molecule has 1 aliphatic rings. The van der Waals surface area contributed by atoms with E-state index in [0.717, 1.165) is 4.90 Å². The molecule has 0 aromatic heterocycles. The summed E-state index contributed by atoms with van der Waals surface area (Å²) in [6, 6.07) is 6.71. The number of carbonyl (C=O) groups excluding carboxylic acids is 1. The number of aromatic hydroxyl groups is 1. The Balaban J connectivity index is 2.08. The molecule has 1 aromatic rings. The van der Waals surface area contributed by atoms with Crippen LogP contribution in [0.4, 0.5) is 0 Å². The molecule has 1 heterocycles. The van der Waals surface area contributed by atoms with Crippen LogP contribution in [-0.2, 0) is 14.6 Å². The molecule has 2 N–H and O–H groups in total. The van der Waals surface area contributed by atoms with Crippen molar-refractivity contribution in [3.05, 3.63) is 24.3 Å². The van der Waals surface area contributed by atoms with E-state index < -0.39 is 15.4 Å². The van der Waals surface area contributed by atoms with Crippen LogP contribution in [0.3, 0.4) is 0 Å². The van der Waals surface area contributed by atoms with Gasteiger partial charge in [0.2, 0.25) is 5.91 Å². The van der Waals surface area contributed by atoms with E-state index in [1.807, 2.05) is 13.8 Å². The van der Waals surface area contributed by atoms with Crippen LogP contribution in [-0.4, -0.2) is 41.7 Å². The first-order valence-corrected chi connectivity index (χ1v) is 10.3. The number of carbonyl (C=O) groups is 1. The maximum atomic E-state index is 12.7. The van der Waals surface area contributed by atoms with Crippen molar-refractivity contribution in [1.82, 2.24) is 5.32 Å². The predicted octanol–water partition coefficient (Wildman–Crippen LogP) is 2.20. The fourth-order valence-corrected chi connectivity index (χ4v) is 5.76. The van der Waals surface area contributed by atoms with Gasteiger partial charge >= 0.3 is 0 Å². The van der Waals surface area contributed by atoms with Gasteiger partial charge in [-0.25, -0.2) is 8.42 Å². The molecule has 1 amide bonds. The van der Waals surface area contributed by atoms with E-state index in [9.17, 15) is 18.3 Å². The molecule has 1 aromatic carbocycles. The van der Waals surface area contributed by atoms with E-state index in [0.29, 0.717) is 6.42 Å². The van der Waals surface area contributed by atoms with E-state index in [-0.39, 0.29) is 34.3 Å². The molecule has 0 spiro atoms. The van der Waals surface area contributed by atoms with Crippen molar-refractivity contribution in [3.63, 3.8) is 0 Å². The molecular formula is C16H23NO4S2. The van der Waals surface area contributed by atoms with Gasteiger partial charge in [-0.05, 0) is 43.5 Å². The minimum absolute atomic E-state index is 0.000428. The third kappa shape index (κ3) is 4.88. The molecule has 1 aliphatic heterocycles. The number of benzene rings is 1. The number of sulfone groups is 1. The topological polar surface area (TPSA) is 83.5 Å². The molecule has 0 aliphatic carbocycles. The largest absolute Gasteiger partial charge is 0.508 e. The Morgan fingerprint density at radius 2 is 1.91 bits per heavy atom. The zero-order valence-electron chi connectivity index (χ0n) is 13.6. The molecule has 0 saturated carbocycles. The molecule has 2 atom stereocenters. The first-order valence-electron chi connectivity index (χ1n) is 7.58. The highest BCUT2D eigenvalue weighted by Crippen LogP contribution is 2.31. The van der Waals surface area contributed by atoms with Crippen LogP contribution in [0.15, 0.2) is 29.2 Å². The molecule has 1 saturated heterocycles. The van der Waals surface area contributed by atoms with E-state index in [1.165, 1.54) is 11.8 Å². The maximum absolute atomic E-state index is 12.7. The van der Waals surface area contributed by atoms with Crippen LogP contribution in [0.25, 0.3) is 0 Å². The van der Waals surface area contributed by atoms with Gasteiger partial charge in [0.25, 0.3) is 0 Å². The second-order valence-corrected chi connectivity index (χ2v) is 10.1. The Morgan fingerprint density at radius 3 is 2.39 bits per heavy atom. The standard InChI is InChI=1S/C16H23NO4S2/c1-11(2)14(22-13-6-4-12(18)5-7-13)15(19)17-16(3)8-9-23(20,21)10-16/h4-7,11,14,18H,8-10H2,1-3H3,(H,17,19)/t14-,16-/m0/s1. The lowest BCUT2D eigenvalue weighted by Gasteiger charge is -2.28. The number of phenols is 1. The molecule has 23 heavy (non-hydrogen) atoms. The lowest BCUT2D eigenvalue weighted by molar-refractivity contribution is -0.122. The number of amides is 1. The van der Waals surface area contributed by atoms with Gasteiger partial charge in [-0.3, -0.25) is 4.79 Å². The summed E-state index contributed by atoms with van der Waals surface area (Å²) >= 11 is 1.42. The summed E-state index contributed by atoms with van der Waals surface area (Å²) < 4.78 is 23.3. The lowest BCUT2D eigenvalue weighted by atomic mass is 10.0. The summed E-state index contributed by atoms with van der Waals surface area (Å²) in [7, 11) is -3.06. The molecule has 0 radical (unpaired) electrons. The van der Waals surface area contributed by atoms with Crippen molar-refractivity contribution in [2.75, 3.05) is 11.5 Å². The van der Waals surface area contributed by atoms with Gasteiger partial charge in [0.05, 0.1) is 22.3 Å². The smallest absolute Gasteiger partial charge is 0.234 e. The van der Waals surface area contributed by atoms with Gasteiger partial charge in [-0.1, -0.05) is 13.8 Å². The Morgan fingerprint density at radius 1 is 1.30 bits per heavy atom. The molecule has 7 heteroatoms. The normalized spacial score (nSPS) is 24.5. The molecular weight excluding hydrogens is 334 g/mol. The Kier molecular flexibility index (Phi) is 5.30. The SMILES string of the molecule is CC(C)[C@H](Sc1ccc(O)cc1)C(=O)N[C@@]1(C)CCS(=O)(=O)C1. The molecule has 0 unspecified atom stereocenters. The number of nitrogens with one attached hydrogen (secondary N) is 1. The van der Waals surface area contributed by atoms with Crippen LogP contribution in [0, 0.1) is 5.92 Å². The van der Waals surface area contributed by atoms with Crippen LogP contribution in [0.2, 0.25) is 0 Å². The van der Waals surface area contributed by atoms with Gasteiger partial charge in [0, 0.05) is 4.90 Å². The highest BCUT2D eigenvalue weighted by molar-refractivity contribution is 8.00. The fraction of sp³-hybridized carbons (Fsp3) is 0.562. The zero-order chi connectivity index (χ0) is 17.3. The van der Waals surface area contributed by atoms with Gasteiger partial charge in [0.15, 0.2) is 9.84 Å². The summed E-state index contributed by atoms with van der Waals surface area (Å²) in [6.45, 7) is 5.72. The van der Waals surface area contributed by atoms with Crippen LogP contribution >= 0.6 is 11.8 Å².